The number of anilines is 1. The van der Waals surface area contributed by atoms with Crippen LogP contribution in [0.4, 0.5) is 5.82 Å². The fraction of sp³-hybridized carbons (Fsp3) is 0.500. The van der Waals surface area contributed by atoms with E-state index in [9.17, 15) is 4.79 Å². The smallest absolute Gasteiger partial charge is 0.338 e. The Labute approximate surface area is 100 Å². The van der Waals surface area contributed by atoms with Crippen molar-refractivity contribution in [2.45, 2.75) is 6.92 Å². The van der Waals surface area contributed by atoms with Gasteiger partial charge in [0.15, 0.2) is 0 Å². The van der Waals surface area contributed by atoms with Crippen molar-refractivity contribution in [3.05, 3.63) is 23.4 Å². The molecule has 1 fully saturated rings. The molecule has 92 valence electrons. The third-order valence-corrected chi connectivity index (χ3v) is 2.70. The van der Waals surface area contributed by atoms with Gasteiger partial charge in [0.2, 0.25) is 0 Å². The second-order valence-corrected chi connectivity index (χ2v) is 3.95. The summed E-state index contributed by atoms with van der Waals surface area (Å²) in [6.45, 7) is 4.87. The highest BCUT2D eigenvalue weighted by molar-refractivity contribution is 5.90. The normalized spacial score (nSPS) is 15.8. The van der Waals surface area contributed by atoms with Crippen LogP contribution in [0, 0.1) is 6.92 Å². The van der Waals surface area contributed by atoms with Crippen LogP contribution in [0.2, 0.25) is 0 Å². The minimum atomic E-state index is -0.329. The molecule has 0 N–H and O–H groups in total. The van der Waals surface area contributed by atoms with E-state index in [4.69, 9.17) is 9.47 Å². The second-order valence-electron chi connectivity index (χ2n) is 3.95. The lowest BCUT2D eigenvalue weighted by atomic mass is 10.2. The van der Waals surface area contributed by atoms with E-state index in [1.54, 1.807) is 12.1 Å². The number of ether oxygens (including phenoxy) is 2. The summed E-state index contributed by atoms with van der Waals surface area (Å²) in [5.41, 5.74) is 1.36. The van der Waals surface area contributed by atoms with Crippen LogP contribution in [0.1, 0.15) is 16.1 Å². The van der Waals surface area contributed by atoms with Crippen LogP contribution in [-0.4, -0.2) is 44.4 Å². The maximum Gasteiger partial charge on any atom is 0.338 e. The molecule has 0 atom stereocenters. The van der Waals surface area contributed by atoms with E-state index in [-0.39, 0.29) is 5.97 Å². The van der Waals surface area contributed by atoms with E-state index >= 15 is 0 Å². The number of rotatable bonds is 2. The van der Waals surface area contributed by atoms with Crippen molar-refractivity contribution in [1.82, 2.24) is 4.98 Å². The average Bonchev–Trinajstić information content (AvgIpc) is 2.38. The monoisotopic (exact) mass is 236 g/mol. The number of aryl methyl sites for hydroxylation is 1. The molecule has 2 rings (SSSR count). The van der Waals surface area contributed by atoms with Gasteiger partial charge < -0.3 is 14.4 Å². The fourth-order valence-corrected chi connectivity index (χ4v) is 1.84. The number of morpholine rings is 1. The van der Waals surface area contributed by atoms with Crippen LogP contribution in [0.3, 0.4) is 0 Å². The largest absolute Gasteiger partial charge is 0.465 e. The molecule has 0 bridgehead atoms. The Hall–Kier alpha value is -1.62. The molecule has 1 aromatic rings. The summed E-state index contributed by atoms with van der Waals surface area (Å²) in [5, 5.41) is 0. The summed E-state index contributed by atoms with van der Waals surface area (Å²) in [7, 11) is 1.38. The summed E-state index contributed by atoms with van der Waals surface area (Å²) in [6.07, 6.45) is 0. The lowest BCUT2D eigenvalue weighted by molar-refractivity contribution is 0.0600. The molecule has 0 aliphatic carbocycles. The second kappa shape index (κ2) is 5.14. The highest BCUT2D eigenvalue weighted by atomic mass is 16.5. The Morgan fingerprint density at radius 1 is 1.41 bits per heavy atom. The van der Waals surface area contributed by atoms with Gasteiger partial charge in [-0.2, -0.15) is 0 Å². The molecule has 0 unspecified atom stereocenters. The number of aromatic nitrogens is 1. The Bertz CT molecular complexity index is 414. The van der Waals surface area contributed by atoms with Gasteiger partial charge in [-0.15, -0.1) is 0 Å². The summed E-state index contributed by atoms with van der Waals surface area (Å²) < 4.78 is 10.0. The number of hydrogen-bond donors (Lipinski definition) is 0. The molecule has 0 aromatic carbocycles. The van der Waals surface area contributed by atoms with Gasteiger partial charge in [0.1, 0.15) is 5.82 Å². The quantitative estimate of drug-likeness (QED) is 0.717. The van der Waals surface area contributed by atoms with Crippen molar-refractivity contribution in [2.75, 3.05) is 38.3 Å². The lowest BCUT2D eigenvalue weighted by Crippen LogP contribution is -2.37. The molecule has 5 heteroatoms. The van der Waals surface area contributed by atoms with Crippen LogP contribution < -0.4 is 4.90 Å². The van der Waals surface area contributed by atoms with Gasteiger partial charge in [0.05, 0.1) is 25.9 Å². The van der Waals surface area contributed by atoms with Gasteiger partial charge in [-0.05, 0) is 19.1 Å². The van der Waals surface area contributed by atoms with Crippen LogP contribution in [0.25, 0.3) is 0 Å². The van der Waals surface area contributed by atoms with Gasteiger partial charge >= 0.3 is 5.97 Å². The predicted molar refractivity (Wildman–Crippen MR) is 63.3 cm³/mol. The maximum absolute atomic E-state index is 11.5. The van der Waals surface area contributed by atoms with Gasteiger partial charge in [-0.1, -0.05) is 0 Å². The van der Waals surface area contributed by atoms with Crippen molar-refractivity contribution in [3.63, 3.8) is 0 Å². The first-order chi connectivity index (χ1) is 8.20. The average molecular weight is 236 g/mol. The standard InChI is InChI=1S/C12H16N2O3/c1-9-7-10(12(15)16-2)8-11(13-9)14-3-5-17-6-4-14/h7-8H,3-6H2,1-2H3. The molecule has 0 radical (unpaired) electrons. The Morgan fingerprint density at radius 3 is 2.76 bits per heavy atom. The Balaban J connectivity index is 2.27. The van der Waals surface area contributed by atoms with E-state index in [1.807, 2.05) is 6.92 Å². The number of carbonyl (C=O) groups is 1. The van der Waals surface area contributed by atoms with Crippen molar-refractivity contribution in [2.24, 2.45) is 0 Å². The number of carbonyl (C=O) groups excluding carboxylic acids is 1. The van der Waals surface area contributed by atoms with Crippen molar-refractivity contribution in [3.8, 4) is 0 Å². The van der Waals surface area contributed by atoms with Crippen LogP contribution in [0.15, 0.2) is 12.1 Å². The van der Waals surface area contributed by atoms with E-state index < -0.39 is 0 Å². The minimum Gasteiger partial charge on any atom is -0.465 e. The molecule has 1 saturated heterocycles. The zero-order valence-corrected chi connectivity index (χ0v) is 10.1. The number of pyridine rings is 1. The lowest BCUT2D eigenvalue weighted by Gasteiger charge is -2.28. The topological polar surface area (TPSA) is 51.7 Å². The van der Waals surface area contributed by atoms with Gasteiger partial charge in [-0.3, -0.25) is 0 Å². The summed E-state index contributed by atoms with van der Waals surface area (Å²) in [5.74, 6) is 0.485. The highest BCUT2D eigenvalue weighted by Gasteiger charge is 2.15. The molecule has 0 amide bonds. The SMILES string of the molecule is COC(=O)c1cc(C)nc(N2CCOCC2)c1. The van der Waals surface area contributed by atoms with Gasteiger partial charge in [-0.25, -0.2) is 9.78 Å². The van der Waals surface area contributed by atoms with E-state index in [1.165, 1.54) is 7.11 Å². The molecule has 5 nitrogen and oxygen atoms in total. The first-order valence-electron chi connectivity index (χ1n) is 5.60. The van der Waals surface area contributed by atoms with Crippen molar-refractivity contribution in [1.29, 1.82) is 0 Å². The fourth-order valence-electron chi connectivity index (χ4n) is 1.84. The predicted octanol–water partition coefficient (Wildman–Crippen LogP) is 1.01. The van der Waals surface area contributed by atoms with E-state index in [0.29, 0.717) is 18.8 Å². The zero-order valence-electron chi connectivity index (χ0n) is 10.1. The van der Waals surface area contributed by atoms with Gasteiger partial charge in [0.25, 0.3) is 0 Å². The summed E-state index contributed by atoms with van der Waals surface area (Å²) >= 11 is 0. The van der Waals surface area contributed by atoms with Crippen LogP contribution in [0.5, 0.6) is 0 Å². The van der Waals surface area contributed by atoms with E-state index in [0.717, 1.165) is 24.6 Å². The molecule has 2 heterocycles. The number of esters is 1. The molecule has 0 spiro atoms. The van der Waals surface area contributed by atoms with Crippen molar-refractivity contribution >= 4 is 11.8 Å². The molecule has 17 heavy (non-hydrogen) atoms. The maximum atomic E-state index is 11.5. The number of hydrogen-bond acceptors (Lipinski definition) is 5. The molecule has 1 aliphatic rings. The third-order valence-electron chi connectivity index (χ3n) is 2.70. The number of nitrogens with zero attached hydrogens (tertiary/aromatic N) is 2. The highest BCUT2D eigenvalue weighted by Crippen LogP contribution is 2.16. The number of methoxy groups -OCH3 is 1. The third kappa shape index (κ3) is 2.74. The Morgan fingerprint density at radius 2 is 2.12 bits per heavy atom. The minimum absolute atomic E-state index is 0.329. The van der Waals surface area contributed by atoms with E-state index in [2.05, 4.69) is 9.88 Å². The first-order valence-corrected chi connectivity index (χ1v) is 5.60. The first kappa shape index (κ1) is 11.9. The molecular formula is C12H16N2O3. The molecule has 1 aliphatic heterocycles. The van der Waals surface area contributed by atoms with Crippen LogP contribution >= 0.6 is 0 Å². The van der Waals surface area contributed by atoms with Crippen molar-refractivity contribution < 1.29 is 14.3 Å². The zero-order chi connectivity index (χ0) is 12.3. The molecule has 0 saturated carbocycles. The molecule has 1 aromatic heterocycles. The summed E-state index contributed by atoms with van der Waals surface area (Å²) in [4.78, 5) is 18.1. The molecular weight excluding hydrogens is 220 g/mol. The van der Waals surface area contributed by atoms with Crippen LogP contribution in [-0.2, 0) is 9.47 Å². The Kier molecular flexibility index (Phi) is 3.58. The summed E-state index contributed by atoms with van der Waals surface area (Å²) in [6, 6.07) is 3.50. The van der Waals surface area contributed by atoms with Gasteiger partial charge in [0, 0.05) is 18.8 Å².